The van der Waals surface area contributed by atoms with Crippen LogP contribution in [0.2, 0.25) is 0 Å². The zero-order valence-corrected chi connectivity index (χ0v) is 8.48. The third-order valence-electron chi connectivity index (χ3n) is 1.54. The fourth-order valence-electron chi connectivity index (χ4n) is 0.655. The highest BCUT2D eigenvalue weighted by Gasteiger charge is 2.59. The minimum absolute atomic E-state index is 0.664. The second-order valence-corrected chi connectivity index (χ2v) is 6.47. The molecule has 8 nitrogen and oxygen atoms in total. The molecule has 0 amide bonds. The van der Waals surface area contributed by atoms with Gasteiger partial charge < -0.3 is 19.8 Å². The summed E-state index contributed by atoms with van der Waals surface area (Å²) in [6, 6.07) is 0. The van der Waals surface area contributed by atoms with Gasteiger partial charge in [-0.05, 0) is 6.42 Å². The smallest absolute Gasteiger partial charge is 0.367 e. The second kappa shape index (κ2) is 3.76. The molecule has 0 rings (SSSR count). The first-order valence-electron chi connectivity index (χ1n) is 3.11. The molecule has 0 aliphatic rings. The first-order chi connectivity index (χ1) is 5.62. The molecule has 0 aromatic rings. The zero-order chi connectivity index (χ0) is 10.9. The summed E-state index contributed by atoms with van der Waals surface area (Å²) in [7, 11) is -10.1. The van der Waals surface area contributed by atoms with Gasteiger partial charge in [-0.2, -0.15) is 0 Å². The maximum absolute atomic E-state index is 10.9. The summed E-state index contributed by atoms with van der Waals surface area (Å²) in [5, 5.41) is 6.06. The lowest BCUT2D eigenvalue weighted by Crippen LogP contribution is -2.29. The van der Waals surface area contributed by atoms with E-state index in [1.165, 1.54) is 0 Å². The Bertz CT molecular complexity index is 273. The van der Waals surface area contributed by atoms with Gasteiger partial charge in [0.1, 0.15) is 0 Å². The summed E-state index contributed by atoms with van der Waals surface area (Å²) in [5.74, 6) is 4.35. The van der Waals surface area contributed by atoms with Crippen LogP contribution in [0.15, 0.2) is 0 Å². The predicted molar refractivity (Wildman–Crippen MR) is 42.4 cm³/mol. The lowest BCUT2D eigenvalue weighted by molar-refractivity contribution is 0.112. The van der Waals surface area contributed by atoms with Crippen LogP contribution in [0.1, 0.15) is 13.3 Å². The summed E-state index contributed by atoms with van der Waals surface area (Å²) in [6.07, 6.45) is -0.664. The molecule has 0 fully saturated rings. The Morgan fingerprint density at radius 2 is 1.77 bits per heavy atom. The van der Waals surface area contributed by atoms with E-state index >= 15 is 0 Å². The Morgan fingerprint density at radius 1 is 1.38 bits per heavy atom. The Hall–Kier alpha value is 0.220. The molecule has 0 aliphatic carbocycles. The van der Waals surface area contributed by atoms with Gasteiger partial charge in [0.2, 0.25) is 0 Å². The van der Waals surface area contributed by atoms with Crippen molar-refractivity contribution >= 4 is 15.2 Å². The molecule has 0 aromatic heterocycles. The van der Waals surface area contributed by atoms with Crippen molar-refractivity contribution in [1.82, 2.24) is 0 Å². The largest absolute Gasteiger partial charge is 0.388 e. The van der Waals surface area contributed by atoms with E-state index in [-0.39, 0.29) is 0 Å². The zero-order valence-electron chi connectivity index (χ0n) is 6.69. The molecule has 2 atom stereocenters. The predicted octanol–water partition coefficient (Wildman–Crippen LogP) is -0.704. The molecule has 0 aliphatic heterocycles. The standard InChI is InChI=1S/C3H11NO7P2/c1-2-3(5,12(6,7)8)13(9,10)11-4/h5H,2,4H2,1H3,(H,9,10)(H2,6,7,8). The van der Waals surface area contributed by atoms with Crippen molar-refractivity contribution < 1.29 is 33.5 Å². The molecule has 0 saturated carbocycles. The molecule has 0 saturated heterocycles. The highest BCUT2D eigenvalue weighted by Crippen LogP contribution is 2.70. The van der Waals surface area contributed by atoms with Gasteiger partial charge in [-0.1, -0.05) is 6.92 Å². The van der Waals surface area contributed by atoms with Crippen molar-refractivity contribution in [2.45, 2.75) is 18.4 Å². The van der Waals surface area contributed by atoms with Crippen molar-refractivity contribution in [1.29, 1.82) is 0 Å². The Kier molecular flexibility index (Phi) is 3.83. The molecular weight excluding hydrogens is 224 g/mol. The fourth-order valence-corrected chi connectivity index (χ4v) is 3.09. The van der Waals surface area contributed by atoms with Crippen molar-refractivity contribution in [2.75, 3.05) is 0 Å². The van der Waals surface area contributed by atoms with Crippen LogP contribution < -0.4 is 5.90 Å². The second-order valence-electron chi connectivity index (χ2n) is 2.30. The highest BCUT2D eigenvalue weighted by molar-refractivity contribution is 7.72. The summed E-state index contributed by atoms with van der Waals surface area (Å²) in [6.45, 7) is 1.11. The number of rotatable bonds is 4. The van der Waals surface area contributed by atoms with Crippen LogP contribution in [0.5, 0.6) is 0 Å². The normalized spacial score (nSPS) is 22.0. The minimum atomic E-state index is -5.19. The summed E-state index contributed by atoms with van der Waals surface area (Å²) >= 11 is 0. The monoisotopic (exact) mass is 235 g/mol. The minimum Gasteiger partial charge on any atom is -0.367 e. The van der Waals surface area contributed by atoms with Crippen molar-refractivity contribution in [3.8, 4) is 0 Å². The summed E-state index contributed by atoms with van der Waals surface area (Å²) in [5.41, 5.74) is 0. The van der Waals surface area contributed by atoms with E-state index in [2.05, 4.69) is 10.5 Å². The Balaban J connectivity index is 5.33. The lowest BCUT2D eigenvalue weighted by atomic mass is 10.5. The Labute approximate surface area is 74.0 Å². The van der Waals surface area contributed by atoms with Gasteiger partial charge in [0, 0.05) is 0 Å². The molecule has 2 unspecified atom stereocenters. The van der Waals surface area contributed by atoms with Crippen LogP contribution in [-0.2, 0) is 13.8 Å². The van der Waals surface area contributed by atoms with E-state index in [4.69, 9.17) is 14.7 Å². The molecular formula is C3H11NO7P2. The number of hydrogen-bond donors (Lipinski definition) is 5. The van der Waals surface area contributed by atoms with Gasteiger partial charge >= 0.3 is 15.2 Å². The molecule has 0 bridgehead atoms. The molecule has 10 heteroatoms. The molecule has 0 radical (unpaired) electrons. The Morgan fingerprint density at radius 3 is 1.85 bits per heavy atom. The topological polar surface area (TPSA) is 150 Å². The van der Waals surface area contributed by atoms with E-state index in [1.807, 2.05) is 0 Å². The van der Waals surface area contributed by atoms with Crippen LogP contribution >= 0.6 is 15.2 Å². The first kappa shape index (κ1) is 13.2. The van der Waals surface area contributed by atoms with Crippen LogP contribution in [0.3, 0.4) is 0 Å². The highest BCUT2D eigenvalue weighted by atomic mass is 31.2. The number of nitrogens with two attached hydrogens (primary N) is 1. The first-order valence-corrected chi connectivity index (χ1v) is 6.30. The maximum atomic E-state index is 10.9. The SMILES string of the molecule is CCC(O)(P(=O)(O)O)P(=O)(O)ON. The summed E-state index contributed by atoms with van der Waals surface area (Å²) in [4.78, 5) is 26.0. The fraction of sp³-hybridized carbons (Fsp3) is 1.00. The van der Waals surface area contributed by atoms with Crippen LogP contribution in [0, 0.1) is 0 Å². The van der Waals surface area contributed by atoms with Crippen molar-refractivity contribution in [3.05, 3.63) is 0 Å². The van der Waals surface area contributed by atoms with Gasteiger partial charge in [0.15, 0.2) is 0 Å². The van der Waals surface area contributed by atoms with Crippen molar-refractivity contribution in [2.24, 2.45) is 5.90 Å². The maximum Gasteiger partial charge on any atom is 0.388 e. The molecule has 6 N–H and O–H groups in total. The molecule has 80 valence electrons. The van der Waals surface area contributed by atoms with Crippen LogP contribution in [0.25, 0.3) is 0 Å². The number of hydrogen-bond acceptors (Lipinski definition) is 5. The van der Waals surface area contributed by atoms with E-state index < -0.39 is 26.7 Å². The molecule has 0 aromatic carbocycles. The van der Waals surface area contributed by atoms with Gasteiger partial charge in [0.25, 0.3) is 5.08 Å². The number of aliphatic hydroxyl groups is 1. The third-order valence-corrected chi connectivity index (χ3v) is 5.83. The quantitative estimate of drug-likeness (QED) is 0.317. The van der Waals surface area contributed by atoms with Gasteiger partial charge in [0.05, 0.1) is 0 Å². The van der Waals surface area contributed by atoms with Crippen LogP contribution in [0.4, 0.5) is 0 Å². The van der Waals surface area contributed by atoms with Gasteiger partial charge in [-0.25, -0.2) is 10.5 Å². The third kappa shape index (κ3) is 2.18. The van der Waals surface area contributed by atoms with E-state index in [1.54, 1.807) is 0 Å². The van der Waals surface area contributed by atoms with Crippen LogP contribution in [-0.4, -0.2) is 24.9 Å². The average molecular weight is 235 g/mol. The molecule has 0 heterocycles. The average Bonchev–Trinajstić information content (AvgIpc) is 2.00. The van der Waals surface area contributed by atoms with E-state index in [0.717, 1.165) is 6.92 Å². The van der Waals surface area contributed by atoms with E-state index in [9.17, 15) is 14.2 Å². The van der Waals surface area contributed by atoms with Gasteiger partial charge in [-0.3, -0.25) is 9.13 Å². The van der Waals surface area contributed by atoms with E-state index in [0.29, 0.717) is 0 Å². The molecule has 13 heavy (non-hydrogen) atoms. The summed E-state index contributed by atoms with van der Waals surface area (Å²) < 4.78 is 25.1. The lowest BCUT2D eigenvalue weighted by Gasteiger charge is -2.29. The molecule has 0 spiro atoms. The van der Waals surface area contributed by atoms with Crippen molar-refractivity contribution in [3.63, 3.8) is 0 Å². The van der Waals surface area contributed by atoms with Gasteiger partial charge in [-0.15, -0.1) is 0 Å².